The lowest BCUT2D eigenvalue weighted by atomic mass is 10.1. The highest BCUT2D eigenvalue weighted by molar-refractivity contribution is 5.95. The van der Waals surface area contributed by atoms with E-state index in [9.17, 15) is 9.18 Å². The van der Waals surface area contributed by atoms with Crippen LogP contribution in [-0.4, -0.2) is 43.6 Å². The van der Waals surface area contributed by atoms with E-state index in [1.807, 2.05) is 11.8 Å². The van der Waals surface area contributed by atoms with Gasteiger partial charge in [-0.15, -0.1) is 0 Å². The first kappa shape index (κ1) is 19.1. The molecule has 144 valence electrons. The average Bonchev–Trinajstić information content (AvgIpc) is 2.66. The number of piperazine rings is 1. The van der Waals surface area contributed by atoms with Gasteiger partial charge in [-0.2, -0.15) is 0 Å². The molecule has 2 aromatic carbocycles. The van der Waals surface area contributed by atoms with Gasteiger partial charge >= 0.3 is 0 Å². The van der Waals surface area contributed by atoms with E-state index in [1.54, 1.807) is 24.3 Å². The van der Waals surface area contributed by atoms with Crippen LogP contribution in [0.1, 0.15) is 22.8 Å². The van der Waals surface area contributed by atoms with E-state index in [1.165, 1.54) is 19.2 Å². The SMILES string of the molecule is COc1ccc(C(=O)N2CCN[C@H](C)C2)cc1Oc1cc(F)cc(CN)c1. The number of benzene rings is 2. The van der Waals surface area contributed by atoms with Gasteiger partial charge in [0.2, 0.25) is 0 Å². The third-order valence-electron chi connectivity index (χ3n) is 4.46. The van der Waals surface area contributed by atoms with Gasteiger partial charge in [-0.05, 0) is 42.8 Å². The van der Waals surface area contributed by atoms with Crippen molar-refractivity contribution in [3.63, 3.8) is 0 Å². The number of hydrogen-bond acceptors (Lipinski definition) is 5. The van der Waals surface area contributed by atoms with Gasteiger partial charge in [0.1, 0.15) is 11.6 Å². The van der Waals surface area contributed by atoms with E-state index in [2.05, 4.69) is 5.32 Å². The molecular formula is C20H24FN3O3. The Kier molecular flexibility index (Phi) is 5.93. The van der Waals surface area contributed by atoms with Crippen LogP contribution in [0.15, 0.2) is 36.4 Å². The van der Waals surface area contributed by atoms with Gasteiger partial charge < -0.3 is 25.4 Å². The fourth-order valence-electron chi connectivity index (χ4n) is 3.11. The van der Waals surface area contributed by atoms with Crippen LogP contribution < -0.4 is 20.5 Å². The van der Waals surface area contributed by atoms with Crippen molar-refractivity contribution in [2.75, 3.05) is 26.7 Å². The number of amides is 1. The van der Waals surface area contributed by atoms with Crippen LogP contribution in [0, 0.1) is 5.82 Å². The van der Waals surface area contributed by atoms with Gasteiger partial charge in [-0.25, -0.2) is 4.39 Å². The minimum Gasteiger partial charge on any atom is -0.493 e. The zero-order valence-electron chi connectivity index (χ0n) is 15.5. The second-order valence-corrected chi connectivity index (χ2v) is 6.57. The predicted octanol–water partition coefficient (Wildman–Crippen LogP) is 2.52. The van der Waals surface area contributed by atoms with Crippen molar-refractivity contribution in [1.29, 1.82) is 0 Å². The number of nitrogens with one attached hydrogen (secondary N) is 1. The second-order valence-electron chi connectivity index (χ2n) is 6.57. The quantitative estimate of drug-likeness (QED) is 0.842. The summed E-state index contributed by atoms with van der Waals surface area (Å²) in [7, 11) is 1.51. The number of carbonyl (C=O) groups is 1. The van der Waals surface area contributed by atoms with Crippen LogP contribution in [0.4, 0.5) is 4.39 Å². The molecule has 7 heteroatoms. The molecule has 3 rings (SSSR count). The van der Waals surface area contributed by atoms with Crippen molar-refractivity contribution in [2.24, 2.45) is 5.73 Å². The highest BCUT2D eigenvalue weighted by Gasteiger charge is 2.22. The Morgan fingerprint density at radius 1 is 1.30 bits per heavy atom. The Labute approximate surface area is 158 Å². The highest BCUT2D eigenvalue weighted by Crippen LogP contribution is 2.33. The summed E-state index contributed by atoms with van der Waals surface area (Å²) in [5.41, 5.74) is 6.70. The van der Waals surface area contributed by atoms with E-state index in [0.29, 0.717) is 41.5 Å². The third-order valence-corrected chi connectivity index (χ3v) is 4.46. The Morgan fingerprint density at radius 2 is 2.11 bits per heavy atom. The summed E-state index contributed by atoms with van der Waals surface area (Å²) in [6, 6.07) is 9.55. The Hall–Kier alpha value is -2.64. The van der Waals surface area contributed by atoms with E-state index < -0.39 is 5.82 Å². The maximum Gasteiger partial charge on any atom is 0.254 e. The summed E-state index contributed by atoms with van der Waals surface area (Å²) in [6.45, 7) is 4.30. The van der Waals surface area contributed by atoms with Crippen molar-refractivity contribution in [3.05, 3.63) is 53.3 Å². The minimum atomic E-state index is -0.436. The van der Waals surface area contributed by atoms with Crippen molar-refractivity contribution >= 4 is 5.91 Å². The summed E-state index contributed by atoms with van der Waals surface area (Å²) in [4.78, 5) is 14.6. The number of halogens is 1. The summed E-state index contributed by atoms with van der Waals surface area (Å²) in [6.07, 6.45) is 0. The maximum atomic E-state index is 13.8. The van der Waals surface area contributed by atoms with Gasteiger partial charge in [0.15, 0.2) is 11.5 Å². The van der Waals surface area contributed by atoms with E-state index >= 15 is 0 Å². The molecule has 1 atom stereocenters. The fraction of sp³-hybridized carbons (Fsp3) is 0.350. The lowest BCUT2D eigenvalue weighted by Gasteiger charge is -2.32. The first-order valence-electron chi connectivity index (χ1n) is 8.88. The van der Waals surface area contributed by atoms with E-state index in [-0.39, 0.29) is 18.5 Å². The molecule has 0 radical (unpaired) electrons. The Morgan fingerprint density at radius 3 is 2.81 bits per heavy atom. The van der Waals surface area contributed by atoms with Gasteiger partial charge in [-0.1, -0.05) is 0 Å². The van der Waals surface area contributed by atoms with Crippen LogP contribution in [0.2, 0.25) is 0 Å². The molecule has 1 heterocycles. The van der Waals surface area contributed by atoms with Crippen molar-refractivity contribution < 1.29 is 18.7 Å². The van der Waals surface area contributed by atoms with E-state index in [0.717, 1.165) is 6.54 Å². The molecule has 6 nitrogen and oxygen atoms in total. The molecule has 1 fully saturated rings. The lowest BCUT2D eigenvalue weighted by Crippen LogP contribution is -2.51. The summed E-state index contributed by atoms with van der Waals surface area (Å²) >= 11 is 0. The molecule has 27 heavy (non-hydrogen) atoms. The molecule has 1 aliphatic rings. The average molecular weight is 373 g/mol. The molecule has 1 aliphatic heterocycles. The smallest absolute Gasteiger partial charge is 0.254 e. The second kappa shape index (κ2) is 8.37. The Bertz CT molecular complexity index is 828. The zero-order chi connectivity index (χ0) is 19.4. The minimum absolute atomic E-state index is 0.0715. The molecule has 0 saturated carbocycles. The molecule has 0 aromatic heterocycles. The van der Waals surface area contributed by atoms with Crippen LogP contribution in [0.25, 0.3) is 0 Å². The standard InChI is InChI=1S/C20H24FN3O3/c1-13-12-24(6-5-23-13)20(25)15-3-4-18(26-2)19(9-15)27-17-8-14(11-22)7-16(21)10-17/h3-4,7-10,13,23H,5-6,11-12,22H2,1-2H3/t13-/m1/s1. The molecular weight excluding hydrogens is 349 g/mol. The van der Waals surface area contributed by atoms with Gasteiger partial charge in [0.25, 0.3) is 5.91 Å². The largest absolute Gasteiger partial charge is 0.493 e. The summed E-state index contributed by atoms with van der Waals surface area (Å²) in [5.74, 6) is 0.597. The molecule has 1 saturated heterocycles. The fourth-order valence-corrected chi connectivity index (χ4v) is 3.11. The number of nitrogens with two attached hydrogens (primary N) is 1. The zero-order valence-corrected chi connectivity index (χ0v) is 15.5. The maximum absolute atomic E-state index is 13.8. The predicted molar refractivity (Wildman–Crippen MR) is 101 cm³/mol. The van der Waals surface area contributed by atoms with Crippen LogP contribution in [0.3, 0.4) is 0 Å². The number of rotatable bonds is 5. The van der Waals surface area contributed by atoms with Gasteiger partial charge in [0, 0.05) is 43.9 Å². The number of carbonyl (C=O) groups excluding carboxylic acids is 1. The normalized spacial score (nSPS) is 16.9. The molecule has 1 amide bonds. The van der Waals surface area contributed by atoms with Crippen LogP contribution in [-0.2, 0) is 6.54 Å². The molecule has 3 N–H and O–H groups in total. The highest BCUT2D eigenvalue weighted by atomic mass is 19.1. The number of nitrogens with zero attached hydrogens (tertiary/aromatic N) is 1. The number of ether oxygens (including phenoxy) is 2. The lowest BCUT2D eigenvalue weighted by molar-refractivity contribution is 0.0708. The molecule has 0 aliphatic carbocycles. The van der Waals surface area contributed by atoms with Crippen LogP contribution in [0.5, 0.6) is 17.2 Å². The van der Waals surface area contributed by atoms with Crippen molar-refractivity contribution in [3.8, 4) is 17.2 Å². The first-order valence-corrected chi connectivity index (χ1v) is 8.88. The van der Waals surface area contributed by atoms with E-state index in [4.69, 9.17) is 15.2 Å². The molecule has 2 aromatic rings. The molecule has 0 spiro atoms. The van der Waals surface area contributed by atoms with Crippen molar-refractivity contribution in [2.45, 2.75) is 19.5 Å². The van der Waals surface area contributed by atoms with Crippen molar-refractivity contribution in [1.82, 2.24) is 10.2 Å². The summed E-state index contributed by atoms with van der Waals surface area (Å²) in [5, 5.41) is 3.31. The molecule has 0 unspecified atom stereocenters. The van der Waals surface area contributed by atoms with Crippen LogP contribution >= 0.6 is 0 Å². The number of methoxy groups -OCH3 is 1. The number of hydrogen-bond donors (Lipinski definition) is 2. The third kappa shape index (κ3) is 4.56. The summed E-state index contributed by atoms with van der Waals surface area (Å²) < 4.78 is 24.9. The molecule has 0 bridgehead atoms. The van der Waals surface area contributed by atoms with Gasteiger partial charge in [-0.3, -0.25) is 4.79 Å². The Balaban J connectivity index is 1.87. The topological polar surface area (TPSA) is 76.8 Å². The monoisotopic (exact) mass is 373 g/mol. The first-order chi connectivity index (χ1) is 13.0. The van der Waals surface area contributed by atoms with Gasteiger partial charge in [0.05, 0.1) is 7.11 Å².